The molecule has 0 spiro atoms. The Morgan fingerprint density at radius 2 is 2.06 bits per heavy atom. The molecule has 0 aromatic heterocycles. The van der Waals surface area contributed by atoms with Crippen LogP contribution < -0.4 is 15.4 Å². The van der Waals surface area contributed by atoms with Crippen LogP contribution >= 0.6 is 0 Å². The minimum absolute atomic E-state index is 0.147. The molecular weight excluding hydrogens is 228 g/mol. The average molecular weight is 248 g/mol. The molecule has 1 fully saturated rings. The monoisotopic (exact) mass is 248 g/mol. The number of anilines is 1. The Labute approximate surface area is 108 Å². The molecule has 0 unspecified atom stereocenters. The molecule has 0 heterocycles. The van der Waals surface area contributed by atoms with Crippen molar-refractivity contribution in [3.05, 3.63) is 23.8 Å². The number of ether oxygens (including phenoxy) is 1. The second-order valence-corrected chi connectivity index (χ2v) is 4.78. The molecule has 2 N–H and O–H groups in total. The largest absolute Gasteiger partial charge is 0.495 e. The number of hydrogen-bond donors (Lipinski definition) is 2. The maximum Gasteiger partial charge on any atom is 0.319 e. The molecule has 0 atom stereocenters. The van der Waals surface area contributed by atoms with Gasteiger partial charge in [-0.05, 0) is 37.5 Å². The van der Waals surface area contributed by atoms with E-state index in [2.05, 4.69) is 10.6 Å². The van der Waals surface area contributed by atoms with Gasteiger partial charge >= 0.3 is 6.03 Å². The minimum Gasteiger partial charge on any atom is -0.495 e. The van der Waals surface area contributed by atoms with Crippen LogP contribution in [-0.2, 0) is 0 Å². The minimum atomic E-state index is -0.147. The summed E-state index contributed by atoms with van der Waals surface area (Å²) in [4.78, 5) is 11.9. The number of carbonyl (C=O) groups excluding carboxylic acids is 1. The second-order valence-electron chi connectivity index (χ2n) is 4.78. The van der Waals surface area contributed by atoms with E-state index in [1.54, 1.807) is 7.11 Å². The molecule has 2 amide bonds. The van der Waals surface area contributed by atoms with E-state index in [0.29, 0.717) is 17.5 Å². The lowest BCUT2D eigenvalue weighted by Crippen LogP contribution is -2.36. The molecule has 4 heteroatoms. The standard InChI is InChI=1S/C14H20N2O2/c1-10-7-8-13(18-2)12(9-10)16-14(17)15-11-5-3-4-6-11/h7-9,11H,3-6H2,1-2H3,(H2,15,16,17). The fraction of sp³-hybridized carbons (Fsp3) is 0.500. The van der Waals surface area contributed by atoms with Crippen molar-refractivity contribution in [1.82, 2.24) is 5.32 Å². The fourth-order valence-electron chi connectivity index (χ4n) is 2.33. The van der Waals surface area contributed by atoms with E-state index in [0.717, 1.165) is 18.4 Å². The predicted octanol–water partition coefficient (Wildman–Crippen LogP) is 3.07. The molecule has 2 rings (SSSR count). The van der Waals surface area contributed by atoms with E-state index in [-0.39, 0.29) is 6.03 Å². The van der Waals surface area contributed by atoms with Crippen molar-refractivity contribution in [3.8, 4) is 5.75 Å². The predicted molar refractivity (Wildman–Crippen MR) is 72.1 cm³/mol. The molecule has 18 heavy (non-hydrogen) atoms. The number of methoxy groups -OCH3 is 1. The first kappa shape index (κ1) is 12.7. The highest BCUT2D eigenvalue weighted by Crippen LogP contribution is 2.25. The summed E-state index contributed by atoms with van der Waals surface area (Å²) in [5.74, 6) is 0.683. The zero-order valence-electron chi connectivity index (χ0n) is 11.0. The van der Waals surface area contributed by atoms with Crippen LogP contribution in [0.15, 0.2) is 18.2 Å². The molecule has 1 aromatic rings. The number of rotatable bonds is 3. The van der Waals surface area contributed by atoms with Gasteiger partial charge in [0.05, 0.1) is 12.8 Å². The maximum absolute atomic E-state index is 11.9. The summed E-state index contributed by atoms with van der Waals surface area (Å²) in [5, 5.41) is 5.85. The van der Waals surface area contributed by atoms with Crippen LogP contribution in [0.1, 0.15) is 31.2 Å². The maximum atomic E-state index is 11.9. The van der Waals surface area contributed by atoms with Crippen LogP contribution in [0.3, 0.4) is 0 Å². The molecule has 1 saturated carbocycles. The number of carbonyl (C=O) groups is 1. The van der Waals surface area contributed by atoms with Crippen molar-refractivity contribution in [3.63, 3.8) is 0 Å². The number of aryl methyl sites for hydroxylation is 1. The van der Waals surface area contributed by atoms with Crippen molar-refractivity contribution in [2.75, 3.05) is 12.4 Å². The highest BCUT2D eigenvalue weighted by Gasteiger charge is 2.17. The van der Waals surface area contributed by atoms with Gasteiger partial charge in [-0.1, -0.05) is 18.9 Å². The summed E-state index contributed by atoms with van der Waals surface area (Å²) in [7, 11) is 1.60. The Balaban J connectivity index is 1.99. The molecule has 98 valence electrons. The van der Waals surface area contributed by atoms with Crippen LogP contribution in [0.2, 0.25) is 0 Å². The number of nitrogens with one attached hydrogen (secondary N) is 2. The smallest absolute Gasteiger partial charge is 0.319 e. The highest BCUT2D eigenvalue weighted by molar-refractivity contribution is 5.91. The van der Waals surface area contributed by atoms with Crippen molar-refractivity contribution >= 4 is 11.7 Å². The van der Waals surface area contributed by atoms with E-state index in [1.165, 1.54) is 12.8 Å². The van der Waals surface area contributed by atoms with E-state index >= 15 is 0 Å². The lowest BCUT2D eigenvalue weighted by Gasteiger charge is -2.15. The Bertz CT molecular complexity index is 426. The fourth-order valence-corrected chi connectivity index (χ4v) is 2.33. The Morgan fingerprint density at radius 1 is 1.33 bits per heavy atom. The first-order valence-corrected chi connectivity index (χ1v) is 6.41. The number of urea groups is 1. The van der Waals surface area contributed by atoms with Gasteiger partial charge in [-0.2, -0.15) is 0 Å². The number of benzene rings is 1. The first-order chi connectivity index (χ1) is 8.69. The van der Waals surface area contributed by atoms with E-state index < -0.39 is 0 Å². The topological polar surface area (TPSA) is 50.4 Å². The SMILES string of the molecule is COc1ccc(C)cc1NC(=O)NC1CCCC1. The van der Waals surface area contributed by atoms with Crippen LogP contribution in [0.4, 0.5) is 10.5 Å². The lowest BCUT2D eigenvalue weighted by molar-refractivity contribution is 0.248. The molecule has 0 radical (unpaired) electrons. The molecule has 0 saturated heterocycles. The molecular formula is C14H20N2O2. The summed E-state index contributed by atoms with van der Waals surface area (Å²) in [6.45, 7) is 1.99. The highest BCUT2D eigenvalue weighted by atomic mass is 16.5. The van der Waals surface area contributed by atoms with Crippen molar-refractivity contribution < 1.29 is 9.53 Å². The Kier molecular flexibility index (Phi) is 4.07. The number of hydrogen-bond acceptors (Lipinski definition) is 2. The lowest BCUT2D eigenvalue weighted by atomic mass is 10.2. The van der Waals surface area contributed by atoms with Crippen LogP contribution in [0.5, 0.6) is 5.75 Å². The zero-order valence-corrected chi connectivity index (χ0v) is 11.0. The molecule has 1 aliphatic carbocycles. The second kappa shape index (κ2) is 5.76. The molecule has 0 aliphatic heterocycles. The molecule has 1 aromatic carbocycles. The summed E-state index contributed by atoms with van der Waals surface area (Å²) >= 11 is 0. The third kappa shape index (κ3) is 3.15. The van der Waals surface area contributed by atoms with Crippen molar-refractivity contribution in [1.29, 1.82) is 0 Å². The van der Waals surface area contributed by atoms with Gasteiger partial charge in [0, 0.05) is 6.04 Å². The van der Waals surface area contributed by atoms with Crippen LogP contribution in [-0.4, -0.2) is 19.2 Å². The summed E-state index contributed by atoms with van der Waals surface area (Å²) in [6.07, 6.45) is 4.58. The van der Waals surface area contributed by atoms with Crippen LogP contribution in [0, 0.1) is 6.92 Å². The van der Waals surface area contributed by atoms with Gasteiger partial charge in [0.25, 0.3) is 0 Å². The average Bonchev–Trinajstić information content (AvgIpc) is 2.82. The third-order valence-corrected chi connectivity index (χ3v) is 3.29. The summed E-state index contributed by atoms with van der Waals surface area (Å²) in [6, 6.07) is 5.90. The quantitative estimate of drug-likeness (QED) is 0.863. The van der Waals surface area contributed by atoms with Gasteiger partial charge in [0.15, 0.2) is 0 Å². The Morgan fingerprint density at radius 3 is 2.72 bits per heavy atom. The van der Waals surface area contributed by atoms with E-state index in [4.69, 9.17) is 4.74 Å². The van der Waals surface area contributed by atoms with Gasteiger partial charge in [0.1, 0.15) is 5.75 Å². The Hall–Kier alpha value is -1.71. The van der Waals surface area contributed by atoms with E-state index in [1.807, 2.05) is 25.1 Å². The van der Waals surface area contributed by atoms with Gasteiger partial charge in [0.2, 0.25) is 0 Å². The van der Waals surface area contributed by atoms with Gasteiger partial charge < -0.3 is 15.4 Å². The number of amides is 2. The summed E-state index contributed by atoms with van der Waals surface area (Å²) < 4.78 is 5.23. The van der Waals surface area contributed by atoms with E-state index in [9.17, 15) is 4.79 Å². The van der Waals surface area contributed by atoms with Crippen molar-refractivity contribution in [2.45, 2.75) is 38.6 Å². The molecule has 4 nitrogen and oxygen atoms in total. The van der Waals surface area contributed by atoms with Gasteiger partial charge in [-0.15, -0.1) is 0 Å². The first-order valence-electron chi connectivity index (χ1n) is 6.41. The third-order valence-electron chi connectivity index (χ3n) is 3.29. The molecule has 0 bridgehead atoms. The normalized spacial score (nSPS) is 15.4. The molecule has 1 aliphatic rings. The van der Waals surface area contributed by atoms with Gasteiger partial charge in [-0.3, -0.25) is 0 Å². The van der Waals surface area contributed by atoms with Gasteiger partial charge in [-0.25, -0.2) is 4.79 Å². The summed E-state index contributed by atoms with van der Waals surface area (Å²) in [5.41, 5.74) is 1.81. The van der Waals surface area contributed by atoms with Crippen LogP contribution in [0.25, 0.3) is 0 Å². The van der Waals surface area contributed by atoms with Crippen molar-refractivity contribution in [2.24, 2.45) is 0 Å². The zero-order chi connectivity index (χ0) is 13.0.